The van der Waals surface area contributed by atoms with Crippen LogP contribution in [0, 0.1) is 76.6 Å². The second kappa shape index (κ2) is 12.6. The molecule has 258 valence electrons. The van der Waals surface area contributed by atoms with Crippen LogP contribution in [0.3, 0.4) is 0 Å². The van der Waals surface area contributed by atoms with Gasteiger partial charge in [0.25, 0.3) is 0 Å². The van der Waals surface area contributed by atoms with Gasteiger partial charge in [0.2, 0.25) is 75.3 Å². The van der Waals surface area contributed by atoms with Crippen LogP contribution >= 0.6 is 0 Å². The summed E-state index contributed by atoms with van der Waals surface area (Å²) in [6.07, 6.45) is -3.68. The Bertz CT molecular complexity index is 2040. The third-order valence-electron chi connectivity index (χ3n) is 6.61. The molecule has 0 aliphatic carbocycles. The van der Waals surface area contributed by atoms with Gasteiger partial charge < -0.3 is 29.4 Å². The van der Waals surface area contributed by atoms with Gasteiger partial charge in [-0.1, -0.05) is 5.92 Å². The number of nitrogens with zero attached hydrogens (tertiary/aromatic N) is 4. The molecule has 0 spiro atoms. The first-order valence-corrected chi connectivity index (χ1v) is 12.6. The lowest BCUT2D eigenvalue weighted by atomic mass is 9.98. The van der Waals surface area contributed by atoms with Gasteiger partial charge in [0.05, 0.1) is 6.33 Å². The maximum absolute atomic E-state index is 14.1. The fourth-order valence-electron chi connectivity index (χ4n) is 4.32. The highest BCUT2D eigenvalue weighted by Gasteiger charge is 2.53. The summed E-state index contributed by atoms with van der Waals surface area (Å²) in [6, 6.07) is 0. The zero-order valence-corrected chi connectivity index (χ0v) is 23.1. The van der Waals surface area contributed by atoms with E-state index in [9.17, 15) is 57.9 Å². The molecule has 1 saturated heterocycles. The Morgan fingerprint density at radius 3 is 1.84 bits per heavy atom. The van der Waals surface area contributed by atoms with Gasteiger partial charge in [0.15, 0.2) is 23.1 Å². The predicted molar refractivity (Wildman–Crippen MR) is 131 cm³/mol. The van der Waals surface area contributed by atoms with Gasteiger partial charge in [-0.05, 0) is 0 Å². The third-order valence-corrected chi connectivity index (χ3v) is 6.61. The van der Waals surface area contributed by atoms with Crippen LogP contribution in [0.4, 0.5) is 63.7 Å². The third kappa shape index (κ3) is 5.90. The highest BCUT2D eigenvalue weighted by atomic mass is 19.2. The minimum atomic E-state index is -2.62. The van der Waals surface area contributed by atoms with Crippen LogP contribution in [-0.4, -0.2) is 50.1 Å². The van der Waals surface area contributed by atoms with E-state index >= 15 is 0 Å². The fraction of sp³-hybridized carbons (Fsp3) is 0.192. The Hall–Kier alpha value is -5.92. The summed E-state index contributed by atoms with van der Waals surface area (Å²) < 4.78 is 176. The van der Waals surface area contributed by atoms with Crippen molar-refractivity contribution in [2.45, 2.75) is 24.4 Å². The Kier molecular flexibility index (Phi) is 8.85. The van der Waals surface area contributed by atoms with Crippen LogP contribution in [0.1, 0.15) is 12.6 Å². The van der Waals surface area contributed by atoms with Crippen LogP contribution in [0.5, 0.6) is 11.5 Å². The van der Waals surface area contributed by atoms with Gasteiger partial charge in [-0.25, -0.2) is 40.9 Å². The van der Waals surface area contributed by atoms with Crippen molar-refractivity contribution in [1.82, 2.24) is 19.5 Å². The molecule has 1 fully saturated rings. The molecule has 12 nitrogen and oxygen atoms in total. The molecule has 0 saturated carbocycles. The Balaban J connectivity index is 1.46. The van der Waals surface area contributed by atoms with Crippen molar-refractivity contribution in [3.8, 4) is 23.8 Å². The van der Waals surface area contributed by atoms with Crippen LogP contribution in [0.15, 0.2) is 6.33 Å². The second-order valence-corrected chi connectivity index (χ2v) is 9.44. The van der Waals surface area contributed by atoms with Gasteiger partial charge in [-0.15, -0.1) is 6.42 Å². The minimum Gasteiger partial charge on any atom is -0.430 e. The molecule has 23 heteroatoms. The van der Waals surface area contributed by atoms with Gasteiger partial charge in [0.1, 0.15) is 12.8 Å². The smallest absolute Gasteiger partial charge is 0.430 e. The molecular weight excluding hydrogens is 703 g/mol. The normalized spacial score (nSPS) is 18.7. The zero-order valence-electron chi connectivity index (χ0n) is 23.1. The average molecular weight is 713 g/mol. The highest BCUT2D eigenvalue weighted by molar-refractivity contribution is 5.81. The molecule has 2 N–H and O–H groups in total. The molecule has 0 radical (unpaired) electrons. The van der Waals surface area contributed by atoms with Gasteiger partial charge >= 0.3 is 18.4 Å². The van der Waals surface area contributed by atoms with Gasteiger partial charge in [-0.3, -0.25) is 4.57 Å². The van der Waals surface area contributed by atoms with E-state index in [1.54, 1.807) is 0 Å². The Morgan fingerprint density at radius 2 is 1.33 bits per heavy atom. The lowest BCUT2D eigenvalue weighted by molar-refractivity contribution is -0.0994. The molecule has 0 bridgehead atoms. The van der Waals surface area contributed by atoms with E-state index in [-0.39, 0.29) is 11.2 Å². The molecule has 3 heterocycles. The first-order chi connectivity index (χ1) is 23.0. The van der Waals surface area contributed by atoms with Crippen LogP contribution in [0.25, 0.3) is 11.2 Å². The fourth-order valence-corrected chi connectivity index (χ4v) is 4.32. The summed E-state index contributed by atoms with van der Waals surface area (Å²) in [5.74, 6) is -28.4. The molecule has 2 aromatic heterocycles. The number of nitrogen functional groups attached to an aromatic ring is 1. The van der Waals surface area contributed by atoms with E-state index < -0.39 is 125 Å². The number of halogens is 11. The number of imidazole rings is 1. The molecule has 3 atom stereocenters. The van der Waals surface area contributed by atoms with Crippen molar-refractivity contribution in [2.24, 2.45) is 0 Å². The number of aromatic nitrogens is 4. The number of hydrogen-bond donors (Lipinski definition) is 1. The van der Waals surface area contributed by atoms with Gasteiger partial charge in [0, 0.05) is 6.42 Å². The van der Waals surface area contributed by atoms with E-state index in [0.717, 1.165) is 10.9 Å². The van der Waals surface area contributed by atoms with Crippen molar-refractivity contribution >= 4 is 29.3 Å². The summed E-state index contributed by atoms with van der Waals surface area (Å²) in [7, 11) is 0. The van der Waals surface area contributed by atoms with Crippen LogP contribution in [0.2, 0.25) is 0 Å². The van der Waals surface area contributed by atoms with Crippen molar-refractivity contribution in [2.75, 3.05) is 12.3 Å². The summed E-state index contributed by atoms with van der Waals surface area (Å²) in [4.78, 5) is 35.4. The first-order valence-electron chi connectivity index (χ1n) is 12.6. The second-order valence-electron chi connectivity index (χ2n) is 9.44. The zero-order chi connectivity index (χ0) is 36.1. The topological polar surface area (TPSA) is 150 Å². The lowest BCUT2D eigenvalue weighted by Gasteiger charge is -2.28. The Morgan fingerprint density at radius 1 is 0.837 bits per heavy atom. The van der Waals surface area contributed by atoms with Crippen molar-refractivity contribution in [3.63, 3.8) is 0 Å². The van der Waals surface area contributed by atoms with Crippen molar-refractivity contribution < 1.29 is 81.6 Å². The summed E-state index contributed by atoms with van der Waals surface area (Å²) >= 11 is 0. The predicted octanol–water partition coefficient (Wildman–Crippen LogP) is 5.03. The largest absolute Gasteiger partial charge is 0.514 e. The number of hydrogen-bond acceptors (Lipinski definition) is 11. The highest BCUT2D eigenvalue weighted by Crippen LogP contribution is 2.41. The monoisotopic (exact) mass is 713 g/mol. The Labute approximate surface area is 262 Å². The number of ether oxygens (including phenoxy) is 5. The summed E-state index contributed by atoms with van der Waals surface area (Å²) in [6.45, 7) is -1.40. The number of benzene rings is 2. The van der Waals surface area contributed by atoms with Crippen LogP contribution < -0.4 is 15.2 Å². The number of anilines is 1. The standard InChI is InChI=1S/C26H10F11N5O7/c1-2-26(4-45-24(43)47-19-14(33)10(29)8(27)11(30)15(19)34)6(46-25(44)48-20-16(35)12(31)9(28)13(32)17(20)36)3-7(49-26)42-5-39-18-21(38)40-23(37)41-22(18)42/h1,5-7H,3-4H2,(H2,38,40,41)/t6-,7+,26+/m0/s1. The van der Waals surface area contributed by atoms with E-state index in [1.165, 1.54) is 0 Å². The molecule has 1 aliphatic heterocycles. The number of carbonyl (C=O) groups excluding carboxylic acids is 2. The molecule has 4 aromatic rings. The summed E-state index contributed by atoms with van der Waals surface area (Å²) in [5, 5.41) is 0. The number of fused-ring (bicyclic) bond motifs is 1. The molecule has 0 amide bonds. The maximum atomic E-state index is 14.1. The molecule has 49 heavy (non-hydrogen) atoms. The molecule has 2 aromatic carbocycles. The molecule has 0 unspecified atom stereocenters. The quantitative estimate of drug-likeness (QED) is 0.0546. The molecule has 5 rings (SSSR count). The van der Waals surface area contributed by atoms with E-state index in [2.05, 4.69) is 29.2 Å². The summed E-state index contributed by atoms with van der Waals surface area (Å²) in [5.41, 5.74) is 2.39. The minimum absolute atomic E-state index is 0.214. The maximum Gasteiger partial charge on any atom is 0.514 e. The number of nitrogens with two attached hydrogens (primary N) is 1. The number of terminal acetylenes is 1. The molecular formula is C26H10F11N5O7. The average Bonchev–Trinajstić information content (AvgIpc) is 3.65. The molecule has 1 aliphatic rings. The number of carbonyl (C=O) groups is 2. The van der Waals surface area contributed by atoms with Gasteiger partial charge in [-0.2, -0.15) is 31.9 Å². The van der Waals surface area contributed by atoms with Crippen molar-refractivity contribution in [3.05, 3.63) is 70.6 Å². The van der Waals surface area contributed by atoms with Crippen LogP contribution in [-0.2, 0) is 14.2 Å². The van der Waals surface area contributed by atoms with E-state index in [4.69, 9.17) is 21.6 Å². The lowest BCUT2D eigenvalue weighted by Crippen LogP contribution is -2.46. The van der Waals surface area contributed by atoms with E-state index in [1.807, 2.05) is 5.92 Å². The SMILES string of the molecule is C#C[C@]1(COC(=O)Oc2c(F)c(F)c(F)c(F)c2F)O[C@@H](n2cnc3c(N)nc(F)nc32)C[C@@H]1OC(=O)Oc1c(F)c(F)c(F)c(F)c1F. The van der Waals surface area contributed by atoms with E-state index in [0.29, 0.717) is 0 Å². The first kappa shape index (κ1) is 34.4. The number of rotatable bonds is 6. The van der Waals surface area contributed by atoms with Crippen molar-refractivity contribution in [1.29, 1.82) is 0 Å².